The molecule has 0 amide bonds. The van der Waals surface area contributed by atoms with E-state index in [1.807, 2.05) is 85.1 Å². The van der Waals surface area contributed by atoms with Crippen LogP contribution in [-0.2, 0) is 54.8 Å². The van der Waals surface area contributed by atoms with Crippen LogP contribution in [0.15, 0.2) is 195 Å². The molecule has 5 N–H and O–H groups in total. The number of morpholine rings is 4. The number of hydrogen-bond acceptors (Lipinski definition) is 27. The molecule has 8 aromatic heterocycles. The molecule has 0 spiro atoms. The number of carbonyl (C=O) groups excluding carboxylic acids is 1. The molecule has 0 aliphatic carbocycles. The number of rotatable bonds is 17. The number of aromatic nitrogens is 10. The summed E-state index contributed by atoms with van der Waals surface area (Å²) in [6, 6.07) is 53.1. The van der Waals surface area contributed by atoms with Crippen LogP contribution in [0.2, 0.25) is 20.6 Å². The number of imidazole rings is 2. The fourth-order valence-corrected chi connectivity index (χ4v) is 12.9. The van der Waals surface area contributed by atoms with Gasteiger partial charge in [0.25, 0.3) is 6.47 Å². The summed E-state index contributed by atoms with van der Waals surface area (Å²) < 4.78 is 25.6. The van der Waals surface area contributed by atoms with Crippen LogP contribution in [0, 0.1) is 34.1 Å². The standard InChI is InChI=1S/C23H23N5O.C18H19ClN4O.C16H17ClN4O3.C11H16N2O.C5H6BNO2.C5H2Cl2N2O2.CH2O3.2CH4.Na/c1-17-25-22-7-6-21(19-8-10-24-11-9-19)26-23(22)28(17)20-4-2-18(3-5-20)16-27-12-14-29-15-13-27;1-13-20-16-6-7-17(19)21-18(16)23(13)15-4-2-14(3-5-15)12-22-8-10-24-11-9-22;17-15-6-5-14(21(22)23)16(19-15)18-13-3-1-12(2-4-13)11-20-7-9-24-10-8-20;12-11-3-1-10(2-4-11)9-13-5-7-14-8-6-13;8-6(9)5-1-3-7-4-2-5;6-4-2-1-3(9(10)11)5(7)8-4;2-1-4-3;;;/h2-11H,12-16H2,1H3;2-7H,8-12H2,1H3;1-6H,7-11H2,(H,18,19);1-4H,5-9,12H2;1-4,8-9H;1-2H;1,3H;2*1H4;/q;;;;;;;;;+1/p-1. The van der Waals surface area contributed by atoms with Gasteiger partial charge < -0.3 is 50.2 Å². The van der Waals surface area contributed by atoms with Crippen LogP contribution in [-0.4, -0.2) is 207 Å². The van der Waals surface area contributed by atoms with Crippen LogP contribution in [0.1, 0.15) is 48.8 Å². The Bertz CT molecular complexity index is 5050. The van der Waals surface area contributed by atoms with Crippen molar-refractivity contribution in [3.63, 3.8) is 0 Å². The van der Waals surface area contributed by atoms with Crippen molar-refractivity contribution in [1.29, 1.82) is 0 Å². The van der Waals surface area contributed by atoms with E-state index in [-0.39, 0.29) is 83.5 Å². The van der Waals surface area contributed by atoms with Gasteiger partial charge in [-0.2, -0.15) is 0 Å². The molecule has 12 aromatic rings. The van der Waals surface area contributed by atoms with E-state index in [0.29, 0.717) is 10.6 Å². The minimum absolute atomic E-state index is 0. The molecule has 0 saturated carbocycles. The van der Waals surface area contributed by atoms with Crippen LogP contribution in [0.3, 0.4) is 0 Å². The molecule has 37 heteroatoms. The number of carbonyl (C=O) groups is 1. The summed E-state index contributed by atoms with van der Waals surface area (Å²) in [5.74, 6) is 1.97. The molecule has 118 heavy (non-hydrogen) atoms. The maximum Gasteiger partial charge on any atom is 1.00 e. The molecule has 4 aliphatic rings. The largest absolute Gasteiger partial charge is 1.00 e. The van der Waals surface area contributed by atoms with E-state index in [9.17, 15) is 20.2 Å². The zero-order chi connectivity index (χ0) is 81.4. The predicted molar refractivity (Wildman–Crippen MR) is 452 cm³/mol. The maximum atomic E-state index is 11.1. The summed E-state index contributed by atoms with van der Waals surface area (Å²) in [7, 11) is -1.38. The predicted octanol–water partition coefficient (Wildman–Crippen LogP) is 8.93. The van der Waals surface area contributed by atoms with Gasteiger partial charge in [-0.3, -0.25) is 63.7 Å². The number of pyridine rings is 6. The van der Waals surface area contributed by atoms with Gasteiger partial charge in [0, 0.05) is 144 Å². The van der Waals surface area contributed by atoms with Crippen molar-refractivity contribution < 1.29 is 83.3 Å². The molecule has 31 nitrogen and oxygen atoms in total. The summed E-state index contributed by atoms with van der Waals surface area (Å²) in [6.45, 7) is 22.0. The second-order valence-electron chi connectivity index (χ2n) is 26.0. The van der Waals surface area contributed by atoms with Crippen LogP contribution in [0.5, 0.6) is 0 Å². The van der Waals surface area contributed by atoms with Crippen molar-refractivity contribution in [3.05, 3.63) is 269 Å². The summed E-state index contributed by atoms with van der Waals surface area (Å²) in [5.41, 5.74) is 19.9. The van der Waals surface area contributed by atoms with E-state index < -0.39 is 17.0 Å². The molecule has 4 saturated heterocycles. The fraction of sp³-hybridized carbons (Fsp3) is 0.296. The Morgan fingerprint density at radius 2 is 0.839 bits per heavy atom. The van der Waals surface area contributed by atoms with Gasteiger partial charge >= 0.3 is 48.1 Å². The average molecular weight is 1700 g/mol. The number of nitrogens with one attached hydrogen (secondary N) is 1. The fourth-order valence-electron chi connectivity index (χ4n) is 12.2. The van der Waals surface area contributed by atoms with E-state index in [2.05, 4.69) is 125 Å². The van der Waals surface area contributed by atoms with Crippen molar-refractivity contribution in [2.45, 2.75) is 54.9 Å². The minimum Gasteiger partial charge on any atom is -0.662 e. The number of benzene rings is 4. The van der Waals surface area contributed by atoms with Crippen LogP contribution in [0.25, 0.3) is 45.0 Å². The molecule has 0 bridgehead atoms. The molecule has 0 atom stereocenters. The van der Waals surface area contributed by atoms with Gasteiger partial charge in [0.05, 0.1) is 68.4 Å². The number of nitrogens with two attached hydrogens (primary N) is 1. The van der Waals surface area contributed by atoms with E-state index in [1.54, 1.807) is 30.6 Å². The molecule has 16 rings (SSSR count). The van der Waals surface area contributed by atoms with Gasteiger partial charge in [0.1, 0.15) is 38.1 Å². The molecular weight excluding hydrogens is 1610 g/mol. The monoisotopic (exact) mass is 1700 g/mol. The van der Waals surface area contributed by atoms with E-state index in [1.165, 1.54) is 58.9 Å². The van der Waals surface area contributed by atoms with Gasteiger partial charge in [0.2, 0.25) is 11.0 Å². The maximum absolute atomic E-state index is 11.1. The first-order chi connectivity index (χ1) is 55.8. The third-order valence-electron chi connectivity index (χ3n) is 18.0. The van der Waals surface area contributed by atoms with E-state index >= 15 is 0 Å². The quantitative estimate of drug-likeness (QED) is 0.0126. The number of anilines is 3. The smallest absolute Gasteiger partial charge is 0.662 e. The first-order valence-electron chi connectivity index (χ1n) is 36.4. The van der Waals surface area contributed by atoms with Gasteiger partial charge in [-0.25, -0.2) is 29.9 Å². The number of nitrogen functional groups attached to an aromatic ring is 1. The van der Waals surface area contributed by atoms with Gasteiger partial charge in [-0.1, -0.05) is 110 Å². The number of ether oxygens (including phenoxy) is 4. The number of halogens is 4. The summed E-state index contributed by atoms with van der Waals surface area (Å²) >= 11 is 22.7. The third-order valence-corrected chi connectivity index (χ3v) is 18.9. The Hall–Kier alpha value is -9.63. The van der Waals surface area contributed by atoms with Crippen LogP contribution in [0.4, 0.5) is 28.6 Å². The molecule has 12 heterocycles. The first-order valence-corrected chi connectivity index (χ1v) is 37.9. The molecule has 0 unspecified atom stereocenters. The summed E-state index contributed by atoms with van der Waals surface area (Å²) in [5, 5.41) is 50.4. The van der Waals surface area contributed by atoms with Gasteiger partial charge in [-0.05, 0) is 151 Å². The molecular formula is C81H92BCl4N18NaO13. The summed E-state index contributed by atoms with van der Waals surface area (Å²) in [6.07, 6.45) is 6.59. The number of hydrogen-bond donors (Lipinski definition) is 4. The average Bonchev–Trinajstić information content (AvgIpc) is 1.63. The van der Waals surface area contributed by atoms with Crippen molar-refractivity contribution in [2.24, 2.45) is 0 Å². The Kier molecular flexibility index (Phi) is 40.2. The Morgan fingerprint density at radius 3 is 1.23 bits per heavy atom. The van der Waals surface area contributed by atoms with Crippen molar-refractivity contribution in [1.82, 2.24) is 68.6 Å². The Morgan fingerprint density at radius 1 is 0.483 bits per heavy atom. The van der Waals surface area contributed by atoms with Crippen LogP contribution >= 0.6 is 46.4 Å². The molecule has 616 valence electrons. The Labute approximate surface area is 726 Å². The topological polar surface area (TPSA) is 377 Å². The number of nitrogens with zero attached hydrogens (tertiary/aromatic N) is 16. The molecule has 4 aliphatic heterocycles. The van der Waals surface area contributed by atoms with Crippen molar-refractivity contribution >= 4 is 116 Å². The first kappa shape index (κ1) is 95.5. The molecule has 4 aromatic carbocycles. The number of aryl methyl sites for hydroxylation is 2. The SMILES string of the molecule is C.C.Cc1nc2ccc(-c3ccncc3)nc2n1-c1ccc(CN2CCOCC2)cc1.Cc1nc2ccc(Cl)nc2n1-c1ccc(CN2CCOCC2)cc1.Nc1ccc(CN2CCOCC2)cc1.O=CO[O-].O=[N+]([O-])c1ccc(Cl)nc1Cl.O=[N+]([O-])c1ccc(Cl)nc1Nc1ccc(CN2CCOCC2)cc1.OB(O)c1ccncc1.[Na+]. The van der Waals surface area contributed by atoms with Gasteiger partial charge in [-0.15, -0.1) is 0 Å². The molecule has 4 fully saturated rings. The van der Waals surface area contributed by atoms with Crippen molar-refractivity contribution in [2.75, 3.05) is 116 Å². The van der Waals surface area contributed by atoms with E-state index in [0.717, 1.165) is 199 Å². The zero-order valence-corrected chi connectivity index (χ0v) is 68.9. The number of nitro groups is 2. The van der Waals surface area contributed by atoms with Gasteiger partial charge in [0.15, 0.2) is 11.3 Å². The second-order valence-corrected chi connectivity index (χ2v) is 27.5. The summed E-state index contributed by atoms with van der Waals surface area (Å²) in [4.78, 5) is 74.8. The number of fused-ring (bicyclic) bond motifs is 2. The molecule has 0 radical (unpaired) electrons. The van der Waals surface area contributed by atoms with E-state index in [4.69, 9.17) is 101 Å². The zero-order valence-electron chi connectivity index (χ0n) is 63.9. The Balaban J connectivity index is 0.000000200. The van der Waals surface area contributed by atoms with Crippen LogP contribution < -0.4 is 51.3 Å². The third kappa shape index (κ3) is 29.7. The second kappa shape index (κ2) is 49.7. The van der Waals surface area contributed by atoms with Crippen molar-refractivity contribution in [3.8, 4) is 22.6 Å². The minimum atomic E-state index is -1.38. The normalized spacial score (nSPS) is 14.0.